The van der Waals surface area contributed by atoms with Crippen molar-refractivity contribution in [2.24, 2.45) is 0 Å². The van der Waals surface area contributed by atoms with Gasteiger partial charge < -0.3 is 19.7 Å². The summed E-state index contributed by atoms with van der Waals surface area (Å²) in [5.41, 5.74) is 3.57. The number of benzene rings is 2. The van der Waals surface area contributed by atoms with Gasteiger partial charge in [-0.25, -0.2) is 4.79 Å². The molecule has 33 heavy (non-hydrogen) atoms. The normalized spacial score (nSPS) is 13.6. The SMILES string of the molecule is COc1cccc(CN(C)C(=O)Nc2ccc(-c3cn[nH]c3)cc2OCCN2CCCC2)c1. The van der Waals surface area contributed by atoms with E-state index in [1.807, 2.05) is 48.7 Å². The highest BCUT2D eigenvalue weighted by atomic mass is 16.5. The van der Waals surface area contributed by atoms with Crippen molar-refractivity contribution in [2.75, 3.05) is 45.7 Å². The number of methoxy groups -OCH3 is 1. The fourth-order valence-electron chi connectivity index (χ4n) is 3.95. The molecule has 2 heterocycles. The predicted molar refractivity (Wildman–Crippen MR) is 129 cm³/mol. The molecule has 3 aromatic rings. The minimum atomic E-state index is -0.210. The van der Waals surface area contributed by atoms with E-state index in [-0.39, 0.29) is 6.03 Å². The highest BCUT2D eigenvalue weighted by molar-refractivity contribution is 5.91. The minimum absolute atomic E-state index is 0.210. The van der Waals surface area contributed by atoms with E-state index < -0.39 is 0 Å². The van der Waals surface area contributed by atoms with Crippen LogP contribution in [0.3, 0.4) is 0 Å². The number of hydrogen-bond acceptors (Lipinski definition) is 5. The molecule has 2 amide bonds. The maximum Gasteiger partial charge on any atom is 0.321 e. The first-order valence-electron chi connectivity index (χ1n) is 11.3. The topological polar surface area (TPSA) is 82.7 Å². The highest BCUT2D eigenvalue weighted by Gasteiger charge is 2.16. The summed E-state index contributed by atoms with van der Waals surface area (Å²) in [7, 11) is 3.40. The Morgan fingerprint density at radius 3 is 2.79 bits per heavy atom. The zero-order valence-corrected chi connectivity index (χ0v) is 19.2. The quantitative estimate of drug-likeness (QED) is 0.511. The predicted octanol–water partition coefficient (Wildman–Crippen LogP) is 4.22. The molecule has 1 saturated heterocycles. The van der Waals surface area contributed by atoms with E-state index in [2.05, 4.69) is 20.4 Å². The number of nitrogens with zero attached hydrogens (tertiary/aromatic N) is 3. The Kier molecular flexibility index (Phi) is 7.47. The number of likely N-dealkylation sites (tertiary alicyclic amines) is 1. The molecule has 0 saturated carbocycles. The van der Waals surface area contributed by atoms with Gasteiger partial charge in [0.1, 0.15) is 18.1 Å². The van der Waals surface area contributed by atoms with Crippen LogP contribution in [-0.4, -0.2) is 66.4 Å². The Labute approximate surface area is 194 Å². The lowest BCUT2D eigenvalue weighted by Crippen LogP contribution is -2.31. The average Bonchev–Trinajstić information content (AvgIpc) is 3.55. The van der Waals surface area contributed by atoms with Crippen LogP contribution < -0.4 is 14.8 Å². The van der Waals surface area contributed by atoms with Crippen molar-refractivity contribution in [3.05, 3.63) is 60.4 Å². The van der Waals surface area contributed by atoms with Crippen LogP contribution in [0.5, 0.6) is 11.5 Å². The van der Waals surface area contributed by atoms with Crippen LogP contribution >= 0.6 is 0 Å². The first-order chi connectivity index (χ1) is 16.1. The number of rotatable bonds is 9. The summed E-state index contributed by atoms with van der Waals surface area (Å²) < 4.78 is 11.4. The van der Waals surface area contributed by atoms with Crippen LogP contribution in [-0.2, 0) is 6.54 Å². The summed E-state index contributed by atoms with van der Waals surface area (Å²) >= 11 is 0. The Hall–Kier alpha value is -3.52. The molecule has 0 unspecified atom stereocenters. The summed E-state index contributed by atoms with van der Waals surface area (Å²) in [6.07, 6.45) is 6.10. The number of amides is 2. The summed E-state index contributed by atoms with van der Waals surface area (Å²) in [4.78, 5) is 17.0. The van der Waals surface area contributed by atoms with Gasteiger partial charge in [0.2, 0.25) is 0 Å². The van der Waals surface area contributed by atoms with E-state index in [1.165, 1.54) is 12.8 Å². The number of ether oxygens (including phenoxy) is 2. The molecule has 1 aromatic heterocycles. The van der Waals surface area contributed by atoms with Crippen molar-refractivity contribution in [1.82, 2.24) is 20.0 Å². The summed E-state index contributed by atoms with van der Waals surface area (Å²) in [6, 6.07) is 13.3. The molecule has 0 bridgehead atoms. The second kappa shape index (κ2) is 10.9. The second-order valence-corrected chi connectivity index (χ2v) is 8.23. The third-order valence-electron chi connectivity index (χ3n) is 5.82. The number of aromatic amines is 1. The zero-order chi connectivity index (χ0) is 23.0. The third kappa shape index (κ3) is 6.04. The Balaban J connectivity index is 1.45. The van der Waals surface area contributed by atoms with E-state index in [0.717, 1.165) is 42.1 Å². The average molecular weight is 450 g/mol. The molecular weight excluding hydrogens is 418 g/mol. The number of anilines is 1. The molecular formula is C25H31N5O3. The van der Waals surface area contributed by atoms with E-state index >= 15 is 0 Å². The number of hydrogen-bond donors (Lipinski definition) is 2. The monoisotopic (exact) mass is 449 g/mol. The molecule has 8 nitrogen and oxygen atoms in total. The van der Waals surface area contributed by atoms with Crippen LogP contribution in [0.15, 0.2) is 54.9 Å². The van der Waals surface area contributed by atoms with E-state index in [1.54, 1.807) is 25.3 Å². The van der Waals surface area contributed by atoms with Crippen LogP contribution in [0.1, 0.15) is 18.4 Å². The Bertz CT molecular complexity index is 1050. The van der Waals surface area contributed by atoms with Crippen LogP contribution in [0.4, 0.5) is 10.5 Å². The van der Waals surface area contributed by atoms with Gasteiger partial charge in [-0.3, -0.25) is 10.00 Å². The number of aromatic nitrogens is 2. The van der Waals surface area contributed by atoms with E-state index in [9.17, 15) is 4.79 Å². The van der Waals surface area contributed by atoms with Crippen molar-refractivity contribution in [3.63, 3.8) is 0 Å². The molecule has 2 aromatic carbocycles. The lowest BCUT2D eigenvalue weighted by Gasteiger charge is -2.21. The van der Waals surface area contributed by atoms with Crippen LogP contribution in [0.2, 0.25) is 0 Å². The maximum atomic E-state index is 12.9. The minimum Gasteiger partial charge on any atom is -0.497 e. The summed E-state index contributed by atoms with van der Waals surface area (Å²) in [6.45, 7) is 4.14. The van der Waals surface area contributed by atoms with Crippen LogP contribution in [0, 0.1) is 0 Å². The number of H-pyrrole nitrogens is 1. The van der Waals surface area contributed by atoms with Crippen molar-refractivity contribution >= 4 is 11.7 Å². The van der Waals surface area contributed by atoms with Gasteiger partial charge in [-0.2, -0.15) is 5.10 Å². The molecule has 0 spiro atoms. The van der Waals surface area contributed by atoms with Gasteiger partial charge in [0.15, 0.2) is 0 Å². The Morgan fingerprint density at radius 1 is 1.18 bits per heavy atom. The lowest BCUT2D eigenvalue weighted by molar-refractivity contribution is 0.220. The lowest BCUT2D eigenvalue weighted by atomic mass is 10.1. The highest BCUT2D eigenvalue weighted by Crippen LogP contribution is 2.31. The third-order valence-corrected chi connectivity index (χ3v) is 5.82. The molecule has 2 N–H and O–H groups in total. The summed E-state index contributed by atoms with van der Waals surface area (Å²) in [5, 5.41) is 9.87. The molecule has 0 radical (unpaired) electrons. The molecule has 1 aliphatic heterocycles. The molecule has 1 aliphatic rings. The van der Waals surface area contributed by atoms with Gasteiger partial charge in [-0.05, 0) is 61.3 Å². The van der Waals surface area contributed by atoms with E-state index in [0.29, 0.717) is 24.6 Å². The van der Waals surface area contributed by atoms with Gasteiger partial charge >= 0.3 is 6.03 Å². The molecule has 1 fully saturated rings. The van der Waals surface area contributed by atoms with Gasteiger partial charge in [0.05, 0.1) is 19.0 Å². The molecule has 0 atom stereocenters. The summed E-state index contributed by atoms with van der Waals surface area (Å²) in [5.74, 6) is 1.42. The van der Waals surface area contributed by atoms with Gasteiger partial charge in [0.25, 0.3) is 0 Å². The number of carbonyl (C=O) groups excluding carboxylic acids is 1. The Morgan fingerprint density at radius 2 is 2.03 bits per heavy atom. The smallest absolute Gasteiger partial charge is 0.321 e. The van der Waals surface area contributed by atoms with Gasteiger partial charge in [-0.1, -0.05) is 18.2 Å². The van der Waals surface area contributed by atoms with Gasteiger partial charge in [-0.15, -0.1) is 0 Å². The van der Waals surface area contributed by atoms with Crippen LogP contribution in [0.25, 0.3) is 11.1 Å². The molecule has 4 rings (SSSR count). The van der Waals surface area contributed by atoms with E-state index in [4.69, 9.17) is 9.47 Å². The number of nitrogens with one attached hydrogen (secondary N) is 2. The molecule has 8 heteroatoms. The fourth-order valence-corrected chi connectivity index (χ4v) is 3.95. The first kappa shape index (κ1) is 22.7. The van der Waals surface area contributed by atoms with Crippen molar-refractivity contribution in [3.8, 4) is 22.6 Å². The largest absolute Gasteiger partial charge is 0.497 e. The van der Waals surface area contributed by atoms with Crippen molar-refractivity contribution in [1.29, 1.82) is 0 Å². The standard InChI is InChI=1S/C25H31N5O3/c1-29(18-19-6-5-7-22(14-19)32-2)25(31)28-23-9-8-20(21-16-26-27-17-21)15-24(23)33-13-12-30-10-3-4-11-30/h5-9,14-17H,3-4,10-13,18H2,1-2H3,(H,26,27)(H,28,31). The number of urea groups is 1. The van der Waals surface area contributed by atoms with Crippen molar-refractivity contribution in [2.45, 2.75) is 19.4 Å². The van der Waals surface area contributed by atoms with Crippen molar-refractivity contribution < 1.29 is 14.3 Å². The first-order valence-corrected chi connectivity index (χ1v) is 11.3. The van der Waals surface area contributed by atoms with Gasteiger partial charge in [0, 0.05) is 31.9 Å². The number of carbonyl (C=O) groups is 1. The maximum absolute atomic E-state index is 12.9. The second-order valence-electron chi connectivity index (χ2n) is 8.23. The molecule has 174 valence electrons. The zero-order valence-electron chi connectivity index (χ0n) is 19.2. The molecule has 0 aliphatic carbocycles. The fraction of sp³-hybridized carbons (Fsp3) is 0.360.